The second kappa shape index (κ2) is 7.96. The van der Waals surface area contributed by atoms with Crippen LogP contribution >= 0.6 is 0 Å². The van der Waals surface area contributed by atoms with E-state index in [2.05, 4.69) is 6.92 Å². The standard InChI is InChI=1S/C6H12O.C5H10O/c1-3-4-5-6(2)7;1-5(2,3)4-6/h3-5H2,1-2H3;4H,1-3H3. The molecule has 0 atom stereocenters. The Kier molecular flexibility index (Phi) is 9.09. The third-order valence-electron chi connectivity index (χ3n) is 1.24. The smallest absolute Gasteiger partial charge is 0.129 e. The Morgan fingerprint density at radius 3 is 1.77 bits per heavy atom. The molecule has 0 bridgehead atoms. The van der Waals surface area contributed by atoms with Crippen molar-refractivity contribution in [1.82, 2.24) is 0 Å². The van der Waals surface area contributed by atoms with Gasteiger partial charge < -0.3 is 9.59 Å². The van der Waals surface area contributed by atoms with Crippen molar-refractivity contribution in [3.63, 3.8) is 0 Å². The van der Waals surface area contributed by atoms with Crippen LogP contribution in [0.3, 0.4) is 0 Å². The molecule has 0 saturated heterocycles. The Labute approximate surface area is 81.7 Å². The fraction of sp³-hybridized carbons (Fsp3) is 0.818. The molecule has 0 unspecified atom stereocenters. The van der Waals surface area contributed by atoms with Crippen LogP contribution in [0.5, 0.6) is 0 Å². The Morgan fingerprint density at radius 2 is 1.69 bits per heavy atom. The lowest BCUT2D eigenvalue weighted by atomic mass is 10.0. The molecule has 13 heavy (non-hydrogen) atoms. The van der Waals surface area contributed by atoms with Gasteiger partial charge in [0.2, 0.25) is 0 Å². The molecule has 0 aliphatic rings. The third-order valence-corrected chi connectivity index (χ3v) is 1.24. The van der Waals surface area contributed by atoms with Crippen LogP contribution < -0.4 is 0 Å². The molecule has 0 N–H and O–H groups in total. The Morgan fingerprint density at radius 1 is 1.31 bits per heavy atom. The molecule has 78 valence electrons. The molecule has 0 fully saturated rings. The average Bonchev–Trinajstić information content (AvgIpc) is 2.01. The molecule has 2 heteroatoms. The topological polar surface area (TPSA) is 34.1 Å². The van der Waals surface area contributed by atoms with Crippen molar-refractivity contribution < 1.29 is 9.59 Å². The molecule has 0 radical (unpaired) electrons. The molecular weight excluding hydrogens is 164 g/mol. The van der Waals surface area contributed by atoms with Gasteiger partial charge in [-0.15, -0.1) is 0 Å². The van der Waals surface area contributed by atoms with Gasteiger partial charge in [-0.1, -0.05) is 34.1 Å². The van der Waals surface area contributed by atoms with E-state index in [9.17, 15) is 9.59 Å². The van der Waals surface area contributed by atoms with Gasteiger partial charge in [0.05, 0.1) is 0 Å². The highest BCUT2D eigenvalue weighted by Gasteiger charge is 2.04. The molecule has 0 aliphatic heterocycles. The number of Topliss-reactive ketones (excluding diaryl/α,β-unsaturated/α-hetero) is 1. The second-order valence-corrected chi connectivity index (χ2v) is 4.29. The zero-order valence-corrected chi connectivity index (χ0v) is 9.52. The zero-order valence-electron chi connectivity index (χ0n) is 9.52. The predicted molar refractivity (Wildman–Crippen MR) is 55.7 cm³/mol. The van der Waals surface area contributed by atoms with Gasteiger partial charge in [-0.3, -0.25) is 0 Å². The first-order valence-electron chi connectivity index (χ1n) is 4.79. The van der Waals surface area contributed by atoms with Crippen molar-refractivity contribution in [3.8, 4) is 0 Å². The van der Waals surface area contributed by atoms with Crippen LogP contribution in [0, 0.1) is 5.41 Å². The van der Waals surface area contributed by atoms with E-state index < -0.39 is 0 Å². The van der Waals surface area contributed by atoms with Crippen molar-refractivity contribution >= 4 is 12.1 Å². The number of ketones is 1. The van der Waals surface area contributed by atoms with Gasteiger partial charge in [-0.05, 0) is 13.3 Å². The van der Waals surface area contributed by atoms with Crippen LogP contribution in [0.15, 0.2) is 0 Å². The second-order valence-electron chi connectivity index (χ2n) is 4.29. The normalized spacial score (nSPS) is 9.92. The largest absolute Gasteiger partial charge is 0.303 e. The first-order chi connectivity index (χ1) is 5.83. The summed E-state index contributed by atoms with van der Waals surface area (Å²) in [5.41, 5.74) is -0.139. The van der Waals surface area contributed by atoms with Gasteiger partial charge in [-0.2, -0.15) is 0 Å². The summed E-state index contributed by atoms with van der Waals surface area (Å²) in [6, 6.07) is 0. The number of aldehydes is 1. The first-order valence-corrected chi connectivity index (χ1v) is 4.79. The van der Waals surface area contributed by atoms with E-state index >= 15 is 0 Å². The van der Waals surface area contributed by atoms with Gasteiger partial charge in [0, 0.05) is 11.8 Å². The number of carbonyl (C=O) groups is 2. The van der Waals surface area contributed by atoms with E-state index in [1.165, 1.54) is 0 Å². The van der Waals surface area contributed by atoms with E-state index in [-0.39, 0.29) is 5.41 Å². The third kappa shape index (κ3) is 24.6. The Bertz CT molecular complexity index is 143. The molecule has 2 nitrogen and oxygen atoms in total. The van der Waals surface area contributed by atoms with Gasteiger partial charge in [-0.25, -0.2) is 0 Å². The quantitative estimate of drug-likeness (QED) is 0.635. The molecule has 0 amide bonds. The maximum absolute atomic E-state index is 10.2. The van der Waals surface area contributed by atoms with E-state index in [1.807, 2.05) is 20.8 Å². The fourth-order valence-electron chi connectivity index (χ4n) is 0.426. The summed E-state index contributed by atoms with van der Waals surface area (Å²) in [6.45, 7) is 9.35. The van der Waals surface area contributed by atoms with E-state index in [0.29, 0.717) is 5.78 Å². The van der Waals surface area contributed by atoms with E-state index in [0.717, 1.165) is 25.5 Å². The molecule has 0 aromatic heterocycles. The number of hydrogen-bond donors (Lipinski definition) is 0. The van der Waals surface area contributed by atoms with Crippen molar-refractivity contribution in [2.75, 3.05) is 0 Å². The van der Waals surface area contributed by atoms with Crippen LogP contribution in [-0.4, -0.2) is 12.1 Å². The summed E-state index contributed by atoms with van der Waals surface area (Å²) >= 11 is 0. The van der Waals surface area contributed by atoms with Gasteiger partial charge >= 0.3 is 0 Å². The molecule has 0 heterocycles. The molecule has 0 aromatic carbocycles. The molecule has 0 saturated carbocycles. The molecule has 0 aromatic rings. The minimum absolute atomic E-state index is 0.139. The van der Waals surface area contributed by atoms with Gasteiger partial charge in [0.15, 0.2) is 0 Å². The van der Waals surface area contributed by atoms with Crippen LogP contribution in [0.2, 0.25) is 0 Å². The Hall–Kier alpha value is -0.660. The van der Waals surface area contributed by atoms with Gasteiger partial charge in [0.1, 0.15) is 12.1 Å². The van der Waals surface area contributed by atoms with E-state index in [4.69, 9.17) is 0 Å². The number of hydrogen-bond acceptors (Lipinski definition) is 2. The average molecular weight is 186 g/mol. The summed E-state index contributed by atoms with van der Waals surface area (Å²) in [6.07, 6.45) is 3.87. The number of carbonyl (C=O) groups excluding carboxylic acids is 2. The van der Waals surface area contributed by atoms with Crippen molar-refractivity contribution in [2.24, 2.45) is 5.41 Å². The highest BCUT2D eigenvalue weighted by molar-refractivity contribution is 5.75. The SMILES string of the molecule is CC(C)(C)C=O.CCCCC(C)=O. The minimum atomic E-state index is -0.139. The summed E-state index contributed by atoms with van der Waals surface area (Å²) in [7, 11) is 0. The van der Waals surface area contributed by atoms with Crippen LogP contribution in [0.25, 0.3) is 0 Å². The highest BCUT2D eigenvalue weighted by Crippen LogP contribution is 2.05. The lowest BCUT2D eigenvalue weighted by Crippen LogP contribution is -2.04. The summed E-state index contributed by atoms with van der Waals surface area (Å²) in [4.78, 5) is 20.0. The maximum atomic E-state index is 10.2. The van der Waals surface area contributed by atoms with E-state index in [1.54, 1.807) is 6.92 Å². The van der Waals surface area contributed by atoms with Crippen LogP contribution in [0.1, 0.15) is 53.9 Å². The highest BCUT2D eigenvalue weighted by atomic mass is 16.1. The van der Waals surface area contributed by atoms with Crippen LogP contribution in [-0.2, 0) is 9.59 Å². The lowest BCUT2D eigenvalue weighted by molar-refractivity contribution is -0.117. The van der Waals surface area contributed by atoms with Gasteiger partial charge in [0.25, 0.3) is 0 Å². The molecule has 0 aliphatic carbocycles. The maximum Gasteiger partial charge on any atom is 0.129 e. The Balaban J connectivity index is 0. The van der Waals surface area contributed by atoms with Crippen LogP contribution in [0.4, 0.5) is 0 Å². The summed E-state index contributed by atoms with van der Waals surface area (Å²) in [5.74, 6) is 0.307. The molecule has 0 rings (SSSR count). The zero-order chi connectivity index (χ0) is 10.9. The predicted octanol–water partition coefficient (Wildman–Crippen LogP) is 3.00. The summed E-state index contributed by atoms with van der Waals surface area (Å²) < 4.78 is 0. The monoisotopic (exact) mass is 186 g/mol. The van der Waals surface area contributed by atoms with Crippen molar-refractivity contribution in [1.29, 1.82) is 0 Å². The fourth-order valence-corrected chi connectivity index (χ4v) is 0.426. The van der Waals surface area contributed by atoms with Crippen molar-refractivity contribution in [2.45, 2.75) is 53.9 Å². The first kappa shape index (κ1) is 14.8. The summed E-state index contributed by atoms with van der Waals surface area (Å²) in [5, 5.41) is 0. The van der Waals surface area contributed by atoms with Crippen molar-refractivity contribution in [3.05, 3.63) is 0 Å². The lowest BCUT2D eigenvalue weighted by Gasteiger charge is -2.03. The molecule has 0 spiro atoms. The minimum Gasteiger partial charge on any atom is -0.303 e. The number of unbranched alkanes of at least 4 members (excludes halogenated alkanes) is 1. The number of rotatable bonds is 3. The molecular formula is C11H22O2.